The van der Waals surface area contributed by atoms with Crippen LogP contribution in [0.3, 0.4) is 0 Å². The molecule has 0 radical (unpaired) electrons. The van der Waals surface area contributed by atoms with Crippen molar-refractivity contribution in [1.82, 2.24) is 0 Å². The van der Waals surface area contributed by atoms with E-state index < -0.39 is 0 Å². The van der Waals surface area contributed by atoms with Gasteiger partial charge in [0.25, 0.3) is 0 Å². The van der Waals surface area contributed by atoms with Crippen molar-refractivity contribution in [3.8, 4) is 11.1 Å². The fourth-order valence-electron chi connectivity index (χ4n) is 1.66. The third-order valence-corrected chi connectivity index (χ3v) is 2.57. The van der Waals surface area contributed by atoms with E-state index in [1.165, 1.54) is 24.3 Å². The van der Waals surface area contributed by atoms with E-state index in [4.69, 9.17) is 5.73 Å². The smallest absolute Gasteiger partial charge is 0.126 e. The number of hydrogen-bond donors (Lipinski definition) is 1. The van der Waals surface area contributed by atoms with E-state index in [2.05, 4.69) is 0 Å². The molecule has 0 aliphatic heterocycles. The van der Waals surface area contributed by atoms with Gasteiger partial charge in [-0.15, -0.1) is 0 Å². The summed E-state index contributed by atoms with van der Waals surface area (Å²) in [5.41, 5.74) is 7.81. The first-order valence-corrected chi connectivity index (χ1v) is 4.90. The number of rotatable bonds is 1. The molecule has 0 saturated heterocycles. The Labute approximate surface area is 92.5 Å². The van der Waals surface area contributed by atoms with Crippen molar-refractivity contribution in [3.05, 3.63) is 53.6 Å². The van der Waals surface area contributed by atoms with Crippen LogP contribution in [0.5, 0.6) is 0 Å². The van der Waals surface area contributed by atoms with Gasteiger partial charge < -0.3 is 5.73 Å². The van der Waals surface area contributed by atoms with Gasteiger partial charge >= 0.3 is 0 Å². The second-order valence-corrected chi connectivity index (χ2v) is 3.64. The molecule has 16 heavy (non-hydrogen) atoms. The number of hydrogen-bond acceptors (Lipinski definition) is 1. The first kappa shape index (κ1) is 10.6. The van der Waals surface area contributed by atoms with Crippen LogP contribution in [0.4, 0.5) is 14.5 Å². The molecule has 82 valence electrons. The lowest BCUT2D eigenvalue weighted by molar-refractivity contribution is 0.618. The monoisotopic (exact) mass is 219 g/mol. The second-order valence-electron chi connectivity index (χ2n) is 3.64. The Morgan fingerprint density at radius 3 is 2.50 bits per heavy atom. The molecule has 2 N–H and O–H groups in total. The molecule has 0 atom stereocenters. The number of nitrogens with two attached hydrogens (primary N) is 1. The fourth-order valence-corrected chi connectivity index (χ4v) is 1.66. The summed E-state index contributed by atoms with van der Waals surface area (Å²) in [5.74, 6) is -0.700. The summed E-state index contributed by atoms with van der Waals surface area (Å²) in [4.78, 5) is 0. The van der Waals surface area contributed by atoms with Crippen LogP contribution < -0.4 is 5.73 Å². The number of halogens is 2. The van der Waals surface area contributed by atoms with Gasteiger partial charge in [-0.2, -0.15) is 0 Å². The third kappa shape index (κ3) is 1.76. The van der Waals surface area contributed by atoms with Crippen LogP contribution in [-0.2, 0) is 0 Å². The molecule has 0 aliphatic carbocycles. The van der Waals surface area contributed by atoms with Crippen molar-refractivity contribution >= 4 is 5.69 Å². The van der Waals surface area contributed by atoms with Gasteiger partial charge in [0.1, 0.15) is 11.6 Å². The highest BCUT2D eigenvalue weighted by Gasteiger charge is 2.09. The molecule has 2 aromatic carbocycles. The van der Waals surface area contributed by atoms with Gasteiger partial charge in [0.05, 0.1) is 0 Å². The van der Waals surface area contributed by atoms with Crippen molar-refractivity contribution < 1.29 is 8.78 Å². The van der Waals surface area contributed by atoms with Crippen molar-refractivity contribution in [2.75, 3.05) is 5.73 Å². The average molecular weight is 219 g/mol. The summed E-state index contributed by atoms with van der Waals surface area (Å²) in [5, 5.41) is 0. The summed E-state index contributed by atoms with van der Waals surface area (Å²) in [7, 11) is 0. The van der Waals surface area contributed by atoms with E-state index in [-0.39, 0.29) is 11.6 Å². The van der Waals surface area contributed by atoms with Crippen molar-refractivity contribution in [2.45, 2.75) is 6.92 Å². The Hall–Kier alpha value is -1.90. The van der Waals surface area contributed by atoms with Crippen molar-refractivity contribution in [3.63, 3.8) is 0 Å². The zero-order chi connectivity index (χ0) is 11.7. The average Bonchev–Trinajstić information content (AvgIpc) is 2.26. The van der Waals surface area contributed by atoms with Gasteiger partial charge in [0.2, 0.25) is 0 Å². The zero-order valence-corrected chi connectivity index (χ0v) is 8.80. The predicted molar refractivity (Wildman–Crippen MR) is 60.9 cm³/mol. The van der Waals surface area contributed by atoms with E-state index in [1.807, 2.05) is 0 Å². The van der Waals surface area contributed by atoms with Crippen LogP contribution in [0.15, 0.2) is 36.4 Å². The minimum atomic E-state index is -0.382. The highest BCUT2D eigenvalue weighted by Crippen LogP contribution is 2.30. The van der Waals surface area contributed by atoms with Gasteiger partial charge in [0, 0.05) is 11.3 Å². The van der Waals surface area contributed by atoms with Crippen molar-refractivity contribution in [1.29, 1.82) is 0 Å². The summed E-state index contributed by atoms with van der Waals surface area (Å²) < 4.78 is 26.5. The van der Waals surface area contributed by atoms with Crippen LogP contribution in [0, 0.1) is 18.6 Å². The number of benzene rings is 2. The predicted octanol–water partition coefficient (Wildman–Crippen LogP) is 3.52. The molecule has 0 saturated carbocycles. The fraction of sp³-hybridized carbons (Fsp3) is 0.0769. The van der Waals surface area contributed by atoms with Gasteiger partial charge in [-0.25, -0.2) is 8.78 Å². The quantitative estimate of drug-likeness (QED) is 0.729. The molecule has 0 aliphatic rings. The van der Waals surface area contributed by atoms with Crippen LogP contribution >= 0.6 is 0 Å². The largest absolute Gasteiger partial charge is 0.398 e. The summed E-state index contributed by atoms with van der Waals surface area (Å²) in [6, 6.07) is 8.76. The molecule has 0 spiro atoms. The Bertz CT molecular complexity index is 535. The summed E-state index contributed by atoms with van der Waals surface area (Å²) >= 11 is 0. The topological polar surface area (TPSA) is 26.0 Å². The molecular weight excluding hydrogens is 208 g/mol. The molecule has 0 bridgehead atoms. The maximum absolute atomic E-state index is 13.4. The Morgan fingerprint density at radius 1 is 1.00 bits per heavy atom. The lowest BCUT2D eigenvalue weighted by Crippen LogP contribution is -1.94. The molecule has 0 aromatic heterocycles. The molecule has 0 heterocycles. The second kappa shape index (κ2) is 3.93. The van der Waals surface area contributed by atoms with Crippen LogP contribution in [0.2, 0.25) is 0 Å². The molecular formula is C13H11F2N. The van der Waals surface area contributed by atoms with Gasteiger partial charge in [-0.3, -0.25) is 0 Å². The van der Waals surface area contributed by atoms with Crippen LogP contribution in [-0.4, -0.2) is 0 Å². The van der Waals surface area contributed by atoms with E-state index in [1.54, 1.807) is 19.1 Å². The summed E-state index contributed by atoms with van der Waals surface area (Å²) in [6.07, 6.45) is 0. The Morgan fingerprint density at radius 2 is 1.75 bits per heavy atom. The van der Waals surface area contributed by atoms with Gasteiger partial charge in [-0.1, -0.05) is 12.1 Å². The minimum Gasteiger partial charge on any atom is -0.398 e. The third-order valence-electron chi connectivity index (χ3n) is 2.57. The molecule has 0 fully saturated rings. The number of anilines is 1. The zero-order valence-electron chi connectivity index (χ0n) is 8.80. The normalized spacial score (nSPS) is 10.4. The lowest BCUT2D eigenvalue weighted by atomic mass is 9.99. The SMILES string of the molecule is Cc1c(F)cccc1-c1cc(F)ccc1N. The van der Waals surface area contributed by atoms with Gasteiger partial charge in [0.15, 0.2) is 0 Å². The standard InChI is InChI=1S/C13H11F2N/c1-8-10(3-2-4-12(8)15)11-7-9(14)5-6-13(11)16/h2-7H,16H2,1H3. The summed E-state index contributed by atoms with van der Waals surface area (Å²) in [6.45, 7) is 1.65. The maximum Gasteiger partial charge on any atom is 0.126 e. The van der Waals surface area contributed by atoms with Crippen LogP contribution in [0.1, 0.15) is 5.56 Å². The first-order chi connectivity index (χ1) is 7.59. The highest BCUT2D eigenvalue weighted by molar-refractivity contribution is 5.78. The van der Waals surface area contributed by atoms with Crippen LogP contribution in [0.25, 0.3) is 11.1 Å². The number of nitrogen functional groups attached to an aromatic ring is 1. The van der Waals surface area contributed by atoms with Crippen molar-refractivity contribution in [2.24, 2.45) is 0 Å². The Kier molecular flexibility index (Phi) is 2.60. The molecule has 3 heteroatoms. The lowest BCUT2D eigenvalue weighted by Gasteiger charge is -2.09. The maximum atomic E-state index is 13.4. The van der Waals surface area contributed by atoms with E-state index in [9.17, 15) is 8.78 Å². The van der Waals surface area contributed by atoms with Gasteiger partial charge in [-0.05, 0) is 42.3 Å². The molecule has 0 amide bonds. The minimum absolute atomic E-state index is 0.318. The molecule has 0 unspecified atom stereocenters. The molecule has 2 rings (SSSR count). The molecule has 2 aromatic rings. The first-order valence-electron chi connectivity index (χ1n) is 4.90. The molecule has 1 nitrogen and oxygen atoms in total. The van der Waals surface area contributed by atoms with E-state index in [0.717, 1.165) is 0 Å². The van der Waals surface area contributed by atoms with E-state index in [0.29, 0.717) is 22.4 Å². The highest BCUT2D eigenvalue weighted by atomic mass is 19.1. The Balaban J connectivity index is 2.67. The van der Waals surface area contributed by atoms with E-state index >= 15 is 0 Å².